The third-order valence-corrected chi connectivity index (χ3v) is 2.59. The van der Waals surface area contributed by atoms with Gasteiger partial charge in [0, 0.05) is 11.6 Å². The third-order valence-electron chi connectivity index (χ3n) is 2.59. The van der Waals surface area contributed by atoms with Gasteiger partial charge in [-0.15, -0.1) is 0 Å². The standard InChI is InChI=1S/C13H14N2O2/c1-2-5-9-6-3-4-7-10(9)11-8-12(16)15-13(17)14-11/h3-4,6-8H,2,5H2,1H3,(H2,14,15,16,17). The molecule has 0 spiro atoms. The minimum Gasteiger partial charge on any atom is -0.307 e. The molecule has 2 N–H and O–H groups in total. The Bertz CT molecular complexity index is 597. The molecule has 88 valence electrons. The summed E-state index contributed by atoms with van der Waals surface area (Å²) in [6.07, 6.45) is 1.94. The van der Waals surface area contributed by atoms with Gasteiger partial charge in [0.25, 0.3) is 5.56 Å². The van der Waals surface area contributed by atoms with Gasteiger partial charge < -0.3 is 4.98 Å². The van der Waals surface area contributed by atoms with Crippen molar-refractivity contribution in [2.75, 3.05) is 0 Å². The molecule has 0 atom stereocenters. The zero-order valence-corrected chi connectivity index (χ0v) is 9.62. The van der Waals surface area contributed by atoms with E-state index < -0.39 is 5.69 Å². The number of benzene rings is 1. The molecule has 0 aliphatic heterocycles. The summed E-state index contributed by atoms with van der Waals surface area (Å²) >= 11 is 0. The minimum absolute atomic E-state index is 0.380. The molecule has 0 fully saturated rings. The topological polar surface area (TPSA) is 65.7 Å². The Kier molecular flexibility index (Phi) is 3.23. The van der Waals surface area contributed by atoms with Crippen LogP contribution in [0.4, 0.5) is 0 Å². The van der Waals surface area contributed by atoms with E-state index >= 15 is 0 Å². The highest BCUT2D eigenvalue weighted by Gasteiger charge is 2.05. The van der Waals surface area contributed by atoms with Crippen LogP contribution in [0.3, 0.4) is 0 Å². The normalized spacial score (nSPS) is 10.4. The average Bonchev–Trinajstić information content (AvgIpc) is 2.29. The van der Waals surface area contributed by atoms with Crippen LogP contribution in [0.2, 0.25) is 0 Å². The molecule has 1 aromatic carbocycles. The zero-order chi connectivity index (χ0) is 12.3. The Morgan fingerprint density at radius 3 is 2.59 bits per heavy atom. The molecule has 4 nitrogen and oxygen atoms in total. The van der Waals surface area contributed by atoms with Crippen molar-refractivity contribution in [2.45, 2.75) is 19.8 Å². The van der Waals surface area contributed by atoms with Crippen molar-refractivity contribution in [1.29, 1.82) is 0 Å². The molecule has 0 unspecified atom stereocenters. The monoisotopic (exact) mass is 230 g/mol. The Morgan fingerprint density at radius 2 is 1.88 bits per heavy atom. The second-order valence-corrected chi connectivity index (χ2v) is 3.91. The van der Waals surface area contributed by atoms with Gasteiger partial charge in [0.1, 0.15) is 0 Å². The number of aryl methyl sites for hydroxylation is 1. The quantitative estimate of drug-likeness (QED) is 0.842. The molecule has 1 aromatic heterocycles. The molecular formula is C13H14N2O2. The fraction of sp³-hybridized carbons (Fsp3) is 0.231. The van der Waals surface area contributed by atoms with Crippen LogP contribution in [0.25, 0.3) is 11.3 Å². The number of hydrogen-bond acceptors (Lipinski definition) is 2. The first-order valence-corrected chi connectivity index (χ1v) is 5.62. The van der Waals surface area contributed by atoms with E-state index in [1.54, 1.807) is 0 Å². The van der Waals surface area contributed by atoms with Gasteiger partial charge >= 0.3 is 5.69 Å². The van der Waals surface area contributed by atoms with Crippen molar-refractivity contribution in [2.24, 2.45) is 0 Å². The van der Waals surface area contributed by atoms with Crippen LogP contribution >= 0.6 is 0 Å². The largest absolute Gasteiger partial charge is 0.326 e. The summed E-state index contributed by atoms with van der Waals surface area (Å²) in [6.45, 7) is 2.09. The Labute approximate surface area is 98.3 Å². The van der Waals surface area contributed by atoms with Gasteiger partial charge in [-0.25, -0.2) is 4.79 Å². The highest BCUT2D eigenvalue weighted by Crippen LogP contribution is 2.20. The maximum atomic E-state index is 11.3. The van der Waals surface area contributed by atoms with E-state index in [0.29, 0.717) is 5.69 Å². The summed E-state index contributed by atoms with van der Waals surface area (Å²) < 4.78 is 0. The molecule has 1 heterocycles. The number of nitrogens with one attached hydrogen (secondary N) is 2. The smallest absolute Gasteiger partial charge is 0.307 e. The second-order valence-electron chi connectivity index (χ2n) is 3.91. The Balaban J connectivity index is 2.59. The van der Waals surface area contributed by atoms with E-state index in [-0.39, 0.29) is 5.56 Å². The molecule has 0 saturated carbocycles. The lowest BCUT2D eigenvalue weighted by molar-refractivity contribution is 0.921. The van der Waals surface area contributed by atoms with Crippen LogP contribution in [0.15, 0.2) is 39.9 Å². The van der Waals surface area contributed by atoms with Crippen molar-refractivity contribution in [1.82, 2.24) is 9.97 Å². The number of rotatable bonds is 3. The Morgan fingerprint density at radius 1 is 1.12 bits per heavy atom. The molecule has 2 aromatic rings. The third kappa shape index (κ3) is 2.53. The fourth-order valence-electron chi connectivity index (χ4n) is 1.88. The van der Waals surface area contributed by atoms with Crippen molar-refractivity contribution < 1.29 is 0 Å². The van der Waals surface area contributed by atoms with Crippen LogP contribution in [0.5, 0.6) is 0 Å². The van der Waals surface area contributed by atoms with Gasteiger partial charge in [0.05, 0.1) is 5.69 Å². The predicted octanol–water partition coefficient (Wildman–Crippen LogP) is 1.68. The molecule has 2 rings (SSSR count). The van der Waals surface area contributed by atoms with E-state index in [9.17, 15) is 9.59 Å². The lowest BCUT2D eigenvalue weighted by Crippen LogP contribution is -2.21. The lowest BCUT2D eigenvalue weighted by atomic mass is 10.0. The molecule has 0 bridgehead atoms. The summed E-state index contributed by atoms with van der Waals surface area (Å²) in [4.78, 5) is 27.3. The molecule has 17 heavy (non-hydrogen) atoms. The van der Waals surface area contributed by atoms with Crippen LogP contribution in [-0.4, -0.2) is 9.97 Å². The Hall–Kier alpha value is -2.10. The molecule has 4 heteroatoms. The van der Waals surface area contributed by atoms with Gasteiger partial charge in [0.15, 0.2) is 0 Å². The molecule has 0 amide bonds. The van der Waals surface area contributed by atoms with E-state index in [1.165, 1.54) is 6.07 Å². The molecule has 0 radical (unpaired) electrons. The number of hydrogen-bond donors (Lipinski definition) is 2. The van der Waals surface area contributed by atoms with Gasteiger partial charge in [-0.1, -0.05) is 37.6 Å². The van der Waals surface area contributed by atoms with Gasteiger partial charge in [-0.2, -0.15) is 0 Å². The average molecular weight is 230 g/mol. The summed E-state index contributed by atoms with van der Waals surface area (Å²) in [5.74, 6) is 0. The number of aromatic nitrogens is 2. The predicted molar refractivity (Wildman–Crippen MR) is 67.1 cm³/mol. The van der Waals surface area contributed by atoms with Crippen LogP contribution in [-0.2, 0) is 6.42 Å². The first kappa shape index (κ1) is 11.4. The first-order valence-electron chi connectivity index (χ1n) is 5.62. The van der Waals surface area contributed by atoms with Crippen LogP contribution in [0, 0.1) is 0 Å². The minimum atomic E-state index is -0.473. The van der Waals surface area contributed by atoms with E-state index in [4.69, 9.17) is 0 Å². The lowest BCUT2D eigenvalue weighted by Gasteiger charge is -2.07. The van der Waals surface area contributed by atoms with E-state index in [1.807, 2.05) is 24.3 Å². The van der Waals surface area contributed by atoms with E-state index in [2.05, 4.69) is 16.9 Å². The van der Waals surface area contributed by atoms with Gasteiger partial charge in [-0.05, 0) is 12.0 Å². The van der Waals surface area contributed by atoms with Crippen LogP contribution < -0.4 is 11.2 Å². The van der Waals surface area contributed by atoms with Crippen molar-refractivity contribution in [3.05, 3.63) is 56.7 Å². The summed E-state index contributed by atoms with van der Waals surface area (Å²) in [7, 11) is 0. The van der Waals surface area contributed by atoms with Crippen molar-refractivity contribution >= 4 is 0 Å². The fourth-order valence-corrected chi connectivity index (χ4v) is 1.88. The zero-order valence-electron chi connectivity index (χ0n) is 9.62. The molecule has 0 aliphatic rings. The first-order chi connectivity index (χ1) is 8.20. The summed E-state index contributed by atoms with van der Waals surface area (Å²) in [5, 5.41) is 0. The second kappa shape index (κ2) is 4.82. The number of H-pyrrole nitrogens is 2. The molecule has 0 saturated heterocycles. The highest BCUT2D eigenvalue weighted by molar-refractivity contribution is 5.63. The SMILES string of the molecule is CCCc1ccccc1-c1cc(=O)[nH]c(=O)[nH]1. The van der Waals surface area contributed by atoms with Crippen molar-refractivity contribution in [3.8, 4) is 11.3 Å². The van der Waals surface area contributed by atoms with Gasteiger partial charge in [-0.3, -0.25) is 9.78 Å². The van der Waals surface area contributed by atoms with E-state index in [0.717, 1.165) is 24.0 Å². The van der Waals surface area contributed by atoms with Gasteiger partial charge in [0.2, 0.25) is 0 Å². The summed E-state index contributed by atoms with van der Waals surface area (Å²) in [5.41, 5.74) is 1.77. The number of aromatic amines is 2. The highest BCUT2D eigenvalue weighted by atomic mass is 16.2. The van der Waals surface area contributed by atoms with Crippen molar-refractivity contribution in [3.63, 3.8) is 0 Å². The maximum Gasteiger partial charge on any atom is 0.326 e. The molecule has 0 aliphatic carbocycles. The molecular weight excluding hydrogens is 216 g/mol. The summed E-state index contributed by atoms with van der Waals surface area (Å²) in [6, 6.07) is 9.19. The maximum absolute atomic E-state index is 11.3. The van der Waals surface area contributed by atoms with Crippen LogP contribution in [0.1, 0.15) is 18.9 Å².